The number of rotatable bonds is 6. The minimum Gasteiger partial charge on any atom is -0.345 e. The molecular weight excluding hydrogens is 370 g/mol. The average molecular weight is 390 g/mol. The molecule has 0 saturated carbocycles. The van der Waals surface area contributed by atoms with Crippen molar-refractivity contribution in [2.24, 2.45) is 0 Å². The minimum atomic E-state index is -0.216. The van der Waals surface area contributed by atoms with E-state index < -0.39 is 0 Å². The second kappa shape index (κ2) is 8.28. The molecule has 0 saturated heterocycles. The van der Waals surface area contributed by atoms with Gasteiger partial charge >= 0.3 is 0 Å². The maximum atomic E-state index is 12.7. The molecule has 4 aromatic rings. The number of carbonyl (C=O) groups is 1. The molecule has 0 aliphatic rings. The van der Waals surface area contributed by atoms with Crippen LogP contribution in [0.25, 0.3) is 11.0 Å². The number of amides is 1. The molecular formula is C23H20ClN3O. The van der Waals surface area contributed by atoms with Gasteiger partial charge in [0.15, 0.2) is 0 Å². The first-order valence-corrected chi connectivity index (χ1v) is 9.58. The molecule has 0 aliphatic carbocycles. The van der Waals surface area contributed by atoms with Gasteiger partial charge in [0.05, 0.1) is 23.4 Å². The normalized spacial score (nSPS) is 12.0. The first-order valence-electron chi connectivity index (χ1n) is 9.21. The monoisotopic (exact) mass is 389 g/mol. The van der Waals surface area contributed by atoms with Gasteiger partial charge in [0, 0.05) is 11.4 Å². The predicted molar refractivity (Wildman–Crippen MR) is 112 cm³/mol. The van der Waals surface area contributed by atoms with E-state index in [0.29, 0.717) is 17.9 Å². The van der Waals surface area contributed by atoms with E-state index in [1.807, 2.05) is 72.8 Å². The number of halogens is 1. The average Bonchev–Trinajstić information content (AvgIpc) is 3.20. The first kappa shape index (κ1) is 18.3. The summed E-state index contributed by atoms with van der Waals surface area (Å²) < 4.78 is 0. The lowest BCUT2D eigenvalue weighted by atomic mass is 9.98. The van der Waals surface area contributed by atoms with Gasteiger partial charge in [-0.05, 0) is 47.4 Å². The van der Waals surface area contributed by atoms with Gasteiger partial charge in [0.25, 0.3) is 0 Å². The summed E-state index contributed by atoms with van der Waals surface area (Å²) in [4.78, 5) is 20.1. The number of hydrogen-bond acceptors (Lipinski definition) is 2. The Kier molecular flexibility index (Phi) is 5.40. The number of nitrogens with one attached hydrogen (secondary N) is 2. The van der Waals surface area contributed by atoms with E-state index in [1.54, 1.807) is 6.33 Å². The molecule has 1 amide bonds. The van der Waals surface area contributed by atoms with Crippen LogP contribution in [0.1, 0.15) is 29.2 Å². The van der Waals surface area contributed by atoms with Crippen LogP contribution in [0.15, 0.2) is 79.1 Å². The van der Waals surface area contributed by atoms with Crippen LogP contribution in [0.5, 0.6) is 0 Å². The van der Waals surface area contributed by atoms with Crippen LogP contribution < -0.4 is 5.32 Å². The highest BCUT2D eigenvalue weighted by atomic mass is 35.5. The third-order valence-electron chi connectivity index (χ3n) is 4.77. The molecule has 4 rings (SSSR count). The fourth-order valence-corrected chi connectivity index (χ4v) is 3.41. The zero-order valence-corrected chi connectivity index (χ0v) is 16.0. The van der Waals surface area contributed by atoms with Crippen LogP contribution in [0, 0.1) is 0 Å². The van der Waals surface area contributed by atoms with E-state index in [1.165, 1.54) is 0 Å². The maximum Gasteiger partial charge on any atom is 0.221 e. The summed E-state index contributed by atoms with van der Waals surface area (Å²) in [5.41, 5.74) is 5.01. The molecule has 1 atom stereocenters. The molecule has 0 bridgehead atoms. The number of benzene rings is 3. The van der Waals surface area contributed by atoms with Crippen molar-refractivity contribution in [3.63, 3.8) is 0 Å². The summed E-state index contributed by atoms with van der Waals surface area (Å²) in [7, 11) is 0. The molecule has 2 N–H and O–H groups in total. The summed E-state index contributed by atoms with van der Waals surface area (Å²) >= 11 is 5.93. The van der Waals surface area contributed by atoms with Gasteiger partial charge in [-0.3, -0.25) is 4.79 Å². The molecule has 3 aromatic carbocycles. The maximum absolute atomic E-state index is 12.7. The SMILES string of the molecule is O=C(CCc1ccc(Cl)cc1)NC(c1ccccc1)c1ccc2nc[nH]c2c1. The van der Waals surface area contributed by atoms with Crippen molar-refractivity contribution in [3.8, 4) is 0 Å². The Bertz CT molecular complexity index is 1070. The van der Waals surface area contributed by atoms with E-state index in [4.69, 9.17) is 11.6 Å². The lowest BCUT2D eigenvalue weighted by Gasteiger charge is -2.20. The van der Waals surface area contributed by atoms with Crippen LogP contribution >= 0.6 is 11.6 Å². The Balaban J connectivity index is 1.53. The first-order chi connectivity index (χ1) is 13.7. The molecule has 1 aromatic heterocycles. The molecule has 140 valence electrons. The summed E-state index contributed by atoms with van der Waals surface area (Å²) in [5, 5.41) is 3.89. The van der Waals surface area contributed by atoms with E-state index in [9.17, 15) is 4.79 Å². The Morgan fingerprint density at radius 2 is 1.79 bits per heavy atom. The zero-order valence-electron chi connectivity index (χ0n) is 15.2. The molecule has 1 unspecified atom stereocenters. The van der Waals surface area contributed by atoms with Crippen LogP contribution in [0.3, 0.4) is 0 Å². The Morgan fingerprint density at radius 3 is 2.57 bits per heavy atom. The minimum absolute atomic E-state index is 0.00788. The van der Waals surface area contributed by atoms with E-state index in [-0.39, 0.29) is 11.9 Å². The van der Waals surface area contributed by atoms with Crippen molar-refractivity contribution in [1.82, 2.24) is 15.3 Å². The van der Waals surface area contributed by atoms with Gasteiger partial charge in [-0.15, -0.1) is 0 Å². The molecule has 4 nitrogen and oxygen atoms in total. The van der Waals surface area contributed by atoms with E-state index in [2.05, 4.69) is 15.3 Å². The van der Waals surface area contributed by atoms with Crippen LogP contribution in [0.2, 0.25) is 5.02 Å². The van der Waals surface area contributed by atoms with Gasteiger partial charge in [0.1, 0.15) is 0 Å². The number of nitrogens with zero attached hydrogens (tertiary/aromatic N) is 1. The summed E-state index contributed by atoms with van der Waals surface area (Å²) in [5.74, 6) is 0.00788. The molecule has 5 heteroatoms. The van der Waals surface area contributed by atoms with Crippen LogP contribution in [-0.2, 0) is 11.2 Å². The molecule has 0 fully saturated rings. The lowest BCUT2D eigenvalue weighted by Crippen LogP contribution is -2.29. The highest BCUT2D eigenvalue weighted by Gasteiger charge is 2.17. The smallest absolute Gasteiger partial charge is 0.221 e. The molecule has 1 heterocycles. The molecule has 0 radical (unpaired) electrons. The number of fused-ring (bicyclic) bond motifs is 1. The highest BCUT2D eigenvalue weighted by Crippen LogP contribution is 2.25. The second-order valence-corrected chi connectivity index (χ2v) is 7.15. The van der Waals surface area contributed by atoms with Crippen molar-refractivity contribution >= 4 is 28.5 Å². The Hall–Kier alpha value is -3.11. The van der Waals surface area contributed by atoms with Crippen molar-refractivity contribution in [3.05, 3.63) is 101 Å². The van der Waals surface area contributed by atoms with Crippen molar-refractivity contribution in [1.29, 1.82) is 0 Å². The number of aryl methyl sites for hydroxylation is 1. The largest absolute Gasteiger partial charge is 0.345 e. The highest BCUT2D eigenvalue weighted by molar-refractivity contribution is 6.30. The lowest BCUT2D eigenvalue weighted by molar-refractivity contribution is -0.121. The van der Waals surface area contributed by atoms with Crippen LogP contribution in [0.4, 0.5) is 0 Å². The zero-order chi connectivity index (χ0) is 19.3. The number of aromatic amines is 1. The molecule has 28 heavy (non-hydrogen) atoms. The topological polar surface area (TPSA) is 57.8 Å². The van der Waals surface area contributed by atoms with Gasteiger partial charge in [0.2, 0.25) is 5.91 Å². The van der Waals surface area contributed by atoms with E-state index in [0.717, 1.165) is 27.7 Å². The third-order valence-corrected chi connectivity index (χ3v) is 5.02. The second-order valence-electron chi connectivity index (χ2n) is 6.72. The number of imidazole rings is 1. The summed E-state index contributed by atoms with van der Waals surface area (Å²) in [6, 6.07) is 23.4. The fraction of sp³-hybridized carbons (Fsp3) is 0.130. The van der Waals surface area contributed by atoms with Gasteiger partial charge in [-0.2, -0.15) is 0 Å². The molecule has 0 aliphatic heterocycles. The predicted octanol–water partition coefficient (Wildman–Crippen LogP) is 5.05. The summed E-state index contributed by atoms with van der Waals surface area (Å²) in [6.45, 7) is 0. The van der Waals surface area contributed by atoms with Crippen molar-refractivity contribution < 1.29 is 4.79 Å². The van der Waals surface area contributed by atoms with Gasteiger partial charge in [-0.25, -0.2) is 4.98 Å². The number of H-pyrrole nitrogens is 1. The van der Waals surface area contributed by atoms with Gasteiger partial charge < -0.3 is 10.3 Å². The molecule has 0 spiro atoms. The fourth-order valence-electron chi connectivity index (χ4n) is 3.28. The number of aromatic nitrogens is 2. The van der Waals surface area contributed by atoms with Crippen molar-refractivity contribution in [2.75, 3.05) is 0 Å². The number of hydrogen-bond donors (Lipinski definition) is 2. The van der Waals surface area contributed by atoms with Gasteiger partial charge in [-0.1, -0.05) is 60.1 Å². The standard InChI is InChI=1S/C23H20ClN3O/c24-19-10-6-16(7-11-19)8-13-22(28)27-23(17-4-2-1-3-5-17)18-9-12-20-21(14-18)26-15-25-20/h1-7,9-12,14-15,23H,8,13H2,(H,25,26)(H,27,28). The van der Waals surface area contributed by atoms with Crippen molar-refractivity contribution in [2.45, 2.75) is 18.9 Å². The third kappa shape index (κ3) is 4.24. The summed E-state index contributed by atoms with van der Waals surface area (Å²) in [6.07, 6.45) is 2.76. The Morgan fingerprint density at radius 1 is 1.00 bits per heavy atom. The number of carbonyl (C=O) groups excluding carboxylic acids is 1. The Labute approximate surface area is 168 Å². The quantitative estimate of drug-likeness (QED) is 0.484. The van der Waals surface area contributed by atoms with E-state index >= 15 is 0 Å². The van der Waals surface area contributed by atoms with Crippen LogP contribution in [-0.4, -0.2) is 15.9 Å².